The molecular formula is C33H37ClN4O6. The molecule has 0 aliphatic carbocycles. The van der Waals surface area contributed by atoms with Crippen LogP contribution >= 0.6 is 11.6 Å². The van der Waals surface area contributed by atoms with Crippen LogP contribution in [0.25, 0.3) is 0 Å². The molecule has 2 heterocycles. The van der Waals surface area contributed by atoms with E-state index < -0.39 is 41.9 Å². The van der Waals surface area contributed by atoms with Crippen LogP contribution in [0, 0.1) is 0 Å². The molecular weight excluding hydrogens is 584 g/mol. The molecule has 1 fully saturated rings. The number of carboxylic acid groups (broad SMARTS) is 1. The average molecular weight is 621 g/mol. The van der Waals surface area contributed by atoms with Crippen molar-refractivity contribution in [1.29, 1.82) is 0 Å². The number of nitrogens with one attached hydrogen (secondary N) is 1. The van der Waals surface area contributed by atoms with Gasteiger partial charge in [-0.1, -0.05) is 48.5 Å². The van der Waals surface area contributed by atoms with E-state index in [1.807, 2.05) is 52.0 Å². The molecule has 44 heavy (non-hydrogen) atoms. The fourth-order valence-corrected chi connectivity index (χ4v) is 5.27. The first-order chi connectivity index (χ1) is 20.8. The van der Waals surface area contributed by atoms with Crippen LogP contribution in [0.5, 0.6) is 5.75 Å². The van der Waals surface area contributed by atoms with E-state index in [9.17, 15) is 24.3 Å². The SMILES string of the molecule is C=C(CC=CC)C1C(c2ccc(Cl)cc2)N=C(c2ccc(C(=O)CC(=O)O)cc2OC(C)(C)C)N1C(=O)N1CCNC(=O)C1. The summed E-state index contributed by atoms with van der Waals surface area (Å²) in [6.07, 6.45) is 3.66. The first-order valence-electron chi connectivity index (χ1n) is 14.3. The molecule has 3 amide bonds. The molecule has 11 heteroatoms. The van der Waals surface area contributed by atoms with Crippen molar-refractivity contribution in [1.82, 2.24) is 15.1 Å². The van der Waals surface area contributed by atoms with Crippen molar-refractivity contribution < 1.29 is 29.0 Å². The van der Waals surface area contributed by atoms with Gasteiger partial charge in [0.25, 0.3) is 0 Å². The Morgan fingerprint density at radius 3 is 2.50 bits per heavy atom. The molecule has 0 saturated carbocycles. The topological polar surface area (TPSA) is 129 Å². The van der Waals surface area contributed by atoms with E-state index in [4.69, 9.17) is 21.3 Å². The quantitative estimate of drug-likeness (QED) is 0.219. The lowest BCUT2D eigenvalue weighted by atomic mass is 9.92. The normalized spacial score (nSPS) is 18.7. The molecule has 1 saturated heterocycles. The highest BCUT2D eigenvalue weighted by Crippen LogP contribution is 2.41. The van der Waals surface area contributed by atoms with Crippen LogP contribution in [-0.2, 0) is 9.59 Å². The number of nitrogens with zero attached hydrogens (tertiary/aromatic N) is 3. The van der Waals surface area contributed by atoms with Gasteiger partial charge >= 0.3 is 12.0 Å². The monoisotopic (exact) mass is 620 g/mol. The van der Waals surface area contributed by atoms with Crippen LogP contribution in [-0.4, -0.2) is 75.7 Å². The number of amides is 3. The van der Waals surface area contributed by atoms with Gasteiger partial charge in [-0.25, -0.2) is 4.79 Å². The third-order valence-corrected chi connectivity index (χ3v) is 7.35. The number of carboxylic acids is 1. The number of ether oxygens (including phenoxy) is 1. The van der Waals surface area contributed by atoms with E-state index in [1.54, 1.807) is 23.1 Å². The predicted octanol–water partition coefficient (Wildman–Crippen LogP) is 5.42. The lowest BCUT2D eigenvalue weighted by Crippen LogP contribution is -2.56. The second-order valence-electron chi connectivity index (χ2n) is 11.7. The first kappa shape index (κ1) is 32.5. The van der Waals surface area contributed by atoms with Crippen LogP contribution in [0.15, 0.2) is 71.8 Å². The van der Waals surface area contributed by atoms with E-state index in [2.05, 4.69) is 11.9 Å². The molecule has 2 atom stereocenters. The molecule has 2 aromatic carbocycles. The maximum absolute atomic E-state index is 14.4. The zero-order valence-corrected chi connectivity index (χ0v) is 26.1. The van der Waals surface area contributed by atoms with Crippen LogP contribution in [0.3, 0.4) is 0 Å². The van der Waals surface area contributed by atoms with Crippen LogP contribution in [0.1, 0.15) is 68.1 Å². The van der Waals surface area contributed by atoms with Gasteiger partial charge in [-0.05, 0) is 69.5 Å². The van der Waals surface area contributed by atoms with Gasteiger partial charge < -0.3 is 20.1 Å². The number of rotatable bonds is 9. The molecule has 0 bridgehead atoms. The highest BCUT2D eigenvalue weighted by molar-refractivity contribution is 6.30. The molecule has 0 spiro atoms. The lowest BCUT2D eigenvalue weighted by Gasteiger charge is -2.36. The summed E-state index contributed by atoms with van der Waals surface area (Å²) in [5.74, 6) is -1.55. The summed E-state index contributed by atoms with van der Waals surface area (Å²) < 4.78 is 6.30. The Morgan fingerprint density at radius 1 is 1.18 bits per heavy atom. The number of piperazine rings is 1. The van der Waals surface area contributed by atoms with E-state index >= 15 is 0 Å². The third kappa shape index (κ3) is 7.55. The minimum Gasteiger partial charge on any atom is -0.487 e. The van der Waals surface area contributed by atoms with Gasteiger partial charge in [-0.15, -0.1) is 0 Å². The zero-order chi connectivity index (χ0) is 32.2. The Bertz CT molecular complexity index is 1530. The molecule has 0 aromatic heterocycles. The molecule has 2 aliphatic heterocycles. The van der Waals surface area contributed by atoms with E-state index in [0.717, 1.165) is 11.1 Å². The summed E-state index contributed by atoms with van der Waals surface area (Å²) >= 11 is 6.21. The second-order valence-corrected chi connectivity index (χ2v) is 12.1. The van der Waals surface area contributed by atoms with Crippen molar-refractivity contribution in [3.8, 4) is 5.75 Å². The average Bonchev–Trinajstić information content (AvgIpc) is 3.35. The number of carbonyl (C=O) groups excluding carboxylic acids is 3. The highest BCUT2D eigenvalue weighted by atomic mass is 35.5. The van der Waals surface area contributed by atoms with E-state index in [1.165, 1.54) is 17.0 Å². The smallest absolute Gasteiger partial charge is 0.326 e. The maximum Gasteiger partial charge on any atom is 0.326 e. The van der Waals surface area contributed by atoms with Crippen LogP contribution in [0.2, 0.25) is 5.02 Å². The van der Waals surface area contributed by atoms with Crippen molar-refractivity contribution >= 4 is 41.1 Å². The Labute approximate surface area is 262 Å². The number of carbonyl (C=O) groups is 4. The maximum atomic E-state index is 14.4. The van der Waals surface area contributed by atoms with E-state index in [0.29, 0.717) is 30.1 Å². The standard InChI is InChI=1S/C33H37ClN4O6/c1-6-7-8-20(2)30-29(21-9-12-23(34)13-10-21)36-31(38(30)32(43)37-16-15-35-27(40)19-37)24-14-11-22(25(39)18-28(41)42)17-26(24)44-33(3,4)5/h6-7,9-14,17,29-30H,2,8,15-16,18-19H2,1,3-5H3,(H,35,40)(H,41,42). The Balaban J connectivity index is 1.93. The number of amidine groups is 1. The number of aliphatic imine (C=N–C) groups is 1. The highest BCUT2D eigenvalue weighted by Gasteiger charge is 2.45. The molecule has 0 radical (unpaired) electrons. The van der Waals surface area contributed by atoms with Gasteiger partial charge in [0.05, 0.1) is 11.6 Å². The Hall–Kier alpha value is -4.44. The van der Waals surface area contributed by atoms with Gasteiger partial charge in [-0.2, -0.15) is 0 Å². The second kappa shape index (κ2) is 13.5. The van der Waals surface area contributed by atoms with Crippen molar-refractivity contribution in [2.45, 2.75) is 58.2 Å². The number of hydrogen-bond donors (Lipinski definition) is 2. The third-order valence-electron chi connectivity index (χ3n) is 7.10. The summed E-state index contributed by atoms with van der Waals surface area (Å²) in [7, 11) is 0. The minimum absolute atomic E-state index is 0.115. The van der Waals surface area contributed by atoms with Crippen LogP contribution < -0.4 is 10.1 Å². The number of benzene rings is 2. The van der Waals surface area contributed by atoms with Crippen molar-refractivity contribution in [3.63, 3.8) is 0 Å². The number of aliphatic carboxylic acids is 1. The molecule has 2 aliphatic rings. The number of urea groups is 1. The van der Waals surface area contributed by atoms with Gasteiger partial charge in [-0.3, -0.25) is 24.3 Å². The number of halogens is 1. The molecule has 2 aromatic rings. The van der Waals surface area contributed by atoms with Gasteiger partial charge in [0.15, 0.2) is 5.78 Å². The van der Waals surface area contributed by atoms with Gasteiger partial charge in [0.2, 0.25) is 5.91 Å². The van der Waals surface area contributed by atoms with Gasteiger partial charge in [0, 0.05) is 23.7 Å². The van der Waals surface area contributed by atoms with Crippen molar-refractivity contribution in [3.05, 3.63) is 88.5 Å². The van der Waals surface area contributed by atoms with Gasteiger partial charge in [0.1, 0.15) is 36.2 Å². The molecule has 2 unspecified atom stereocenters. The summed E-state index contributed by atoms with van der Waals surface area (Å²) in [6, 6.07) is 10.2. The summed E-state index contributed by atoms with van der Waals surface area (Å²) in [5, 5.41) is 12.5. The van der Waals surface area contributed by atoms with E-state index in [-0.39, 0.29) is 29.6 Å². The summed E-state index contributed by atoms with van der Waals surface area (Å²) in [6.45, 7) is 12.3. The number of hydrogen-bond acceptors (Lipinski definition) is 6. The predicted molar refractivity (Wildman–Crippen MR) is 168 cm³/mol. The summed E-state index contributed by atoms with van der Waals surface area (Å²) in [4.78, 5) is 58.8. The molecule has 4 rings (SSSR count). The largest absolute Gasteiger partial charge is 0.487 e. The van der Waals surface area contributed by atoms with Crippen LogP contribution in [0.4, 0.5) is 4.79 Å². The first-order valence-corrected chi connectivity index (χ1v) is 14.7. The number of Topliss-reactive ketones (excluding diaryl/α,β-unsaturated/α-hetero) is 1. The van der Waals surface area contributed by atoms with Crippen molar-refractivity contribution in [2.24, 2.45) is 4.99 Å². The fraction of sp³-hybridized carbons (Fsp3) is 0.364. The zero-order valence-electron chi connectivity index (χ0n) is 25.3. The minimum atomic E-state index is -1.24. The molecule has 2 N–H and O–H groups in total. The lowest BCUT2D eigenvalue weighted by molar-refractivity contribution is -0.136. The van der Waals surface area contributed by atoms with Crippen molar-refractivity contribution in [2.75, 3.05) is 19.6 Å². The molecule has 232 valence electrons. The number of ketones is 1. The summed E-state index contributed by atoms with van der Waals surface area (Å²) in [5.41, 5.74) is 1.40. The molecule has 10 nitrogen and oxygen atoms in total. The Morgan fingerprint density at radius 2 is 1.89 bits per heavy atom. The Kier molecular flexibility index (Phi) is 9.94. The number of allylic oxidation sites excluding steroid dienone is 2. The fourth-order valence-electron chi connectivity index (χ4n) is 5.15.